The van der Waals surface area contributed by atoms with Crippen molar-refractivity contribution in [3.8, 4) is 11.5 Å². The summed E-state index contributed by atoms with van der Waals surface area (Å²) in [6.45, 7) is 0.597. The molecule has 0 saturated carbocycles. The number of aliphatic imine (C=N–C) groups is 1. The van der Waals surface area contributed by atoms with E-state index in [9.17, 15) is 4.79 Å². The van der Waals surface area contributed by atoms with Crippen molar-refractivity contribution in [2.75, 3.05) is 20.3 Å². The van der Waals surface area contributed by atoms with Gasteiger partial charge in [-0.1, -0.05) is 30.3 Å². The average Bonchev–Trinajstić information content (AvgIpc) is 2.99. The number of fused-ring (bicyclic) bond motifs is 2. The van der Waals surface area contributed by atoms with Gasteiger partial charge in [-0.3, -0.25) is 10.1 Å². The number of guanidine groups is 1. The molecule has 0 aromatic heterocycles. The van der Waals surface area contributed by atoms with E-state index < -0.39 is 0 Å². The van der Waals surface area contributed by atoms with E-state index in [0.717, 1.165) is 16.8 Å². The van der Waals surface area contributed by atoms with Crippen LogP contribution in [0.5, 0.6) is 11.5 Å². The molecule has 0 spiro atoms. The van der Waals surface area contributed by atoms with E-state index in [1.165, 1.54) is 0 Å². The Balaban J connectivity index is 1.65. The molecule has 1 saturated heterocycles. The molecule has 2 aromatic rings. The molecule has 0 radical (unpaired) electrons. The molecule has 2 aliphatic rings. The monoisotopic (exact) mass is 367 g/mol. The number of amides is 1. The largest absolute Gasteiger partial charge is 0.492 e. The summed E-state index contributed by atoms with van der Waals surface area (Å²) < 4.78 is 11.1. The molecule has 0 bridgehead atoms. The predicted molar refractivity (Wildman–Crippen MR) is 100 cm³/mol. The molecule has 2 aromatic carbocycles. The molecule has 2 aliphatic heterocycles. The highest BCUT2D eigenvalue weighted by molar-refractivity contribution is 6.08. The van der Waals surface area contributed by atoms with Gasteiger partial charge in [0.15, 0.2) is 11.5 Å². The van der Waals surface area contributed by atoms with Gasteiger partial charge >= 0.3 is 0 Å². The summed E-state index contributed by atoms with van der Waals surface area (Å²) in [5, 5.41) is 11.9. The van der Waals surface area contributed by atoms with E-state index in [1.807, 2.05) is 41.3 Å². The second-order valence-electron chi connectivity index (χ2n) is 6.42. The zero-order valence-corrected chi connectivity index (χ0v) is 15.0. The molecule has 4 rings (SSSR count). The molecule has 27 heavy (non-hydrogen) atoms. The molecule has 7 heteroatoms. The van der Waals surface area contributed by atoms with E-state index in [1.54, 1.807) is 13.2 Å². The van der Waals surface area contributed by atoms with Gasteiger partial charge in [0.1, 0.15) is 12.6 Å². The number of aliphatic hydroxyl groups excluding tert-OH is 1. The minimum absolute atomic E-state index is 0.0545. The number of benzene rings is 2. The Morgan fingerprint density at radius 1 is 1.26 bits per heavy atom. The number of rotatable bonds is 6. The lowest BCUT2D eigenvalue weighted by molar-refractivity contribution is -0.121. The number of aliphatic hydroxyl groups is 1. The summed E-state index contributed by atoms with van der Waals surface area (Å²) in [4.78, 5) is 19.1. The van der Waals surface area contributed by atoms with Crippen LogP contribution in [0.25, 0.3) is 0 Å². The molecule has 2 heterocycles. The van der Waals surface area contributed by atoms with Crippen LogP contribution >= 0.6 is 0 Å². The SMILES string of the molecule is COc1c(OCCO)ccc2c1CN1C(=N2)NC(=O)C1Cc1ccccc1. The van der Waals surface area contributed by atoms with Crippen molar-refractivity contribution in [2.45, 2.75) is 19.0 Å². The first-order valence-electron chi connectivity index (χ1n) is 8.85. The predicted octanol–water partition coefficient (Wildman–Crippen LogP) is 1.61. The van der Waals surface area contributed by atoms with Crippen LogP contribution in [0.4, 0.5) is 5.69 Å². The van der Waals surface area contributed by atoms with Crippen LogP contribution in [-0.4, -0.2) is 48.2 Å². The van der Waals surface area contributed by atoms with Crippen molar-refractivity contribution in [3.63, 3.8) is 0 Å². The van der Waals surface area contributed by atoms with Crippen molar-refractivity contribution >= 4 is 17.6 Å². The highest BCUT2D eigenvalue weighted by Gasteiger charge is 2.40. The van der Waals surface area contributed by atoms with Crippen molar-refractivity contribution in [1.29, 1.82) is 0 Å². The standard InChI is InChI=1S/C20H21N3O4/c1-26-18-14-12-23-16(11-13-5-3-2-4-6-13)19(25)22-20(23)21-15(14)7-8-17(18)27-10-9-24/h2-8,16,24H,9-12H2,1H3,(H,21,22,25). The van der Waals surface area contributed by atoms with Gasteiger partial charge in [0, 0.05) is 12.0 Å². The maximum absolute atomic E-state index is 12.5. The minimum atomic E-state index is -0.328. The quantitative estimate of drug-likeness (QED) is 0.811. The van der Waals surface area contributed by atoms with Gasteiger partial charge in [-0.2, -0.15) is 0 Å². The van der Waals surface area contributed by atoms with Gasteiger partial charge < -0.3 is 19.5 Å². The molecule has 1 amide bonds. The molecule has 1 unspecified atom stereocenters. The first-order valence-corrected chi connectivity index (χ1v) is 8.85. The average molecular weight is 367 g/mol. The van der Waals surface area contributed by atoms with E-state index in [2.05, 4.69) is 10.3 Å². The van der Waals surface area contributed by atoms with Gasteiger partial charge in [0.05, 0.1) is 25.9 Å². The lowest BCUT2D eigenvalue weighted by Gasteiger charge is -2.29. The number of hydrogen-bond donors (Lipinski definition) is 2. The van der Waals surface area contributed by atoms with Crippen LogP contribution in [0.1, 0.15) is 11.1 Å². The summed E-state index contributed by atoms with van der Waals surface area (Å²) in [6, 6.07) is 13.2. The molecule has 140 valence electrons. The Morgan fingerprint density at radius 3 is 2.81 bits per heavy atom. The summed E-state index contributed by atoms with van der Waals surface area (Å²) >= 11 is 0. The molecule has 0 aliphatic carbocycles. The number of ether oxygens (including phenoxy) is 2. The van der Waals surface area contributed by atoms with Crippen LogP contribution in [0.3, 0.4) is 0 Å². The molecular weight excluding hydrogens is 346 g/mol. The number of carbonyl (C=O) groups is 1. The Labute approximate surface area is 157 Å². The van der Waals surface area contributed by atoms with Crippen molar-refractivity contribution in [2.24, 2.45) is 4.99 Å². The zero-order valence-electron chi connectivity index (χ0n) is 15.0. The summed E-state index contributed by atoms with van der Waals surface area (Å²) in [7, 11) is 1.58. The number of methoxy groups -OCH3 is 1. The number of carbonyl (C=O) groups excluding carboxylic acids is 1. The highest BCUT2D eigenvalue weighted by Crippen LogP contribution is 2.41. The fourth-order valence-electron chi connectivity index (χ4n) is 3.50. The fourth-order valence-corrected chi connectivity index (χ4v) is 3.50. The third kappa shape index (κ3) is 3.21. The smallest absolute Gasteiger partial charge is 0.249 e. The first kappa shape index (κ1) is 17.4. The summed E-state index contributed by atoms with van der Waals surface area (Å²) in [5.74, 6) is 1.66. The van der Waals surface area contributed by atoms with E-state index >= 15 is 0 Å². The normalized spacial score (nSPS) is 17.7. The van der Waals surface area contributed by atoms with Crippen LogP contribution < -0.4 is 14.8 Å². The first-order chi connectivity index (χ1) is 13.2. The summed E-state index contributed by atoms with van der Waals surface area (Å²) in [5.41, 5.74) is 2.71. The van der Waals surface area contributed by atoms with E-state index in [0.29, 0.717) is 30.4 Å². The van der Waals surface area contributed by atoms with Gasteiger partial charge in [-0.25, -0.2) is 4.99 Å². The third-order valence-corrected chi connectivity index (χ3v) is 4.77. The number of nitrogens with zero attached hydrogens (tertiary/aromatic N) is 2. The molecular formula is C20H21N3O4. The molecule has 7 nitrogen and oxygen atoms in total. The van der Waals surface area contributed by atoms with E-state index in [-0.39, 0.29) is 25.2 Å². The van der Waals surface area contributed by atoms with Crippen LogP contribution in [-0.2, 0) is 17.8 Å². The van der Waals surface area contributed by atoms with Gasteiger partial charge in [-0.15, -0.1) is 0 Å². The third-order valence-electron chi connectivity index (χ3n) is 4.77. The van der Waals surface area contributed by atoms with E-state index in [4.69, 9.17) is 14.6 Å². The Hall–Kier alpha value is -3.06. The second kappa shape index (κ2) is 7.28. The molecule has 2 N–H and O–H groups in total. The number of hydrogen-bond acceptors (Lipinski definition) is 6. The van der Waals surface area contributed by atoms with Crippen molar-refractivity contribution in [3.05, 3.63) is 53.6 Å². The van der Waals surface area contributed by atoms with Crippen LogP contribution in [0.2, 0.25) is 0 Å². The zero-order chi connectivity index (χ0) is 18.8. The van der Waals surface area contributed by atoms with Crippen LogP contribution in [0.15, 0.2) is 47.5 Å². The Morgan fingerprint density at radius 2 is 2.07 bits per heavy atom. The lowest BCUT2D eigenvalue weighted by Crippen LogP contribution is -2.38. The summed E-state index contributed by atoms with van der Waals surface area (Å²) in [6.07, 6.45) is 0.601. The van der Waals surface area contributed by atoms with Gasteiger partial charge in [-0.05, 0) is 17.7 Å². The van der Waals surface area contributed by atoms with Crippen LogP contribution in [0, 0.1) is 0 Å². The molecule has 1 fully saturated rings. The molecule has 1 atom stereocenters. The maximum atomic E-state index is 12.5. The minimum Gasteiger partial charge on any atom is -0.492 e. The topological polar surface area (TPSA) is 83.4 Å². The van der Waals surface area contributed by atoms with Gasteiger partial charge in [0.25, 0.3) is 0 Å². The highest BCUT2D eigenvalue weighted by atomic mass is 16.5. The van der Waals surface area contributed by atoms with Gasteiger partial charge in [0.2, 0.25) is 11.9 Å². The maximum Gasteiger partial charge on any atom is 0.249 e. The second-order valence-corrected chi connectivity index (χ2v) is 6.42. The fraction of sp³-hybridized carbons (Fsp3) is 0.300. The van der Waals surface area contributed by atoms with Crippen molar-refractivity contribution in [1.82, 2.24) is 10.2 Å². The Kier molecular flexibility index (Phi) is 4.68. The Bertz CT molecular complexity index is 882. The number of nitrogens with one attached hydrogen (secondary N) is 1. The van der Waals surface area contributed by atoms with Crippen molar-refractivity contribution < 1.29 is 19.4 Å². The lowest BCUT2D eigenvalue weighted by atomic mass is 10.0.